The normalized spacial score (nSPS) is 12.4. The Hall–Kier alpha value is -1.49. The molecular weight excluding hydrogens is 232 g/mol. The zero-order valence-corrected chi connectivity index (χ0v) is 10.9. The lowest BCUT2D eigenvalue weighted by molar-refractivity contribution is 0.736. The van der Waals surface area contributed by atoms with E-state index in [1.54, 1.807) is 17.7 Å². The number of rotatable bonds is 5. The maximum Gasteiger partial charge on any atom is 0.130 e. The first-order valence-electron chi connectivity index (χ1n) is 5.80. The fraction of sp³-hybridized carbons (Fsp3) is 0.417. The average Bonchev–Trinajstić information content (AvgIpc) is 2.90. The van der Waals surface area contributed by atoms with Gasteiger partial charge in [-0.25, -0.2) is 15.0 Å². The van der Waals surface area contributed by atoms with Crippen molar-refractivity contribution in [3.8, 4) is 0 Å². The largest absolute Gasteiger partial charge is 0.361 e. The Morgan fingerprint density at radius 1 is 1.29 bits per heavy atom. The van der Waals surface area contributed by atoms with Gasteiger partial charge in [-0.05, 0) is 12.8 Å². The van der Waals surface area contributed by atoms with E-state index in [2.05, 4.69) is 34.1 Å². The molecule has 90 valence electrons. The molecule has 1 atom stereocenters. The molecule has 0 aromatic carbocycles. The minimum Gasteiger partial charge on any atom is -0.361 e. The third-order valence-corrected chi connectivity index (χ3v) is 3.46. The SMILES string of the molecule is CCc1cc(NC(CC)c2nccs2)ncn1. The number of nitrogens with one attached hydrogen (secondary N) is 1. The lowest BCUT2D eigenvalue weighted by atomic mass is 10.2. The van der Waals surface area contributed by atoms with Gasteiger partial charge in [0.1, 0.15) is 17.2 Å². The summed E-state index contributed by atoms with van der Waals surface area (Å²) in [6.45, 7) is 4.23. The van der Waals surface area contributed by atoms with Gasteiger partial charge >= 0.3 is 0 Å². The van der Waals surface area contributed by atoms with Crippen LogP contribution in [0.1, 0.15) is 37.0 Å². The van der Waals surface area contributed by atoms with Crippen LogP contribution in [-0.4, -0.2) is 15.0 Å². The lowest BCUT2D eigenvalue weighted by Gasteiger charge is -2.15. The molecule has 2 rings (SSSR count). The van der Waals surface area contributed by atoms with Crippen LogP contribution < -0.4 is 5.32 Å². The molecule has 0 fully saturated rings. The minimum absolute atomic E-state index is 0.231. The quantitative estimate of drug-likeness (QED) is 0.883. The summed E-state index contributed by atoms with van der Waals surface area (Å²) in [5.41, 5.74) is 1.05. The third kappa shape index (κ3) is 3.00. The smallest absolute Gasteiger partial charge is 0.130 e. The second-order valence-electron chi connectivity index (χ2n) is 3.72. The fourth-order valence-electron chi connectivity index (χ4n) is 1.59. The first-order chi connectivity index (χ1) is 8.33. The molecule has 2 aromatic heterocycles. The van der Waals surface area contributed by atoms with Gasteiger partial charge in [0.05, 0.1) is 6.04 Å². The van der Waals surface area contributed by atoms with Crippen LogP contribution in [-0.2, 0) is 6.42 Å². The van der Waals surface area contributed by atoms with Crippen LogP contribution in [0.4, 0.5) is 5.82 Å². The van der Waals surface area contributed by atoms with Gasteiger partial charge in [0.15, 0.2) is 0 Å². The van der Waals surface area contributed by atoms with Gasteiger partial charge in [0.25, 0.3) is 0 Å². The molecule has 4 nitrogen and oxygen atoms in total. The Morgan fingerprint density at radius 2 is 2.18 bits per heavy atom. The third-order valence-electron chi connectivity index (χ3n) is 2.57. The predicted octanol–water partition coefficient (Wildman–Crippen LogP) is 3.06. The topological polar surface area (TPSA) is 50.7 Å². The molecule has 5 heteroatoms. The van der Waals surface area contributed by atoms with Crippen LogP contribution in [0.5, 0.6) is 0 Å². The second kappa shape index (κ2) is 5.72. The predicted molar refractivity (Wildman–Crippen MR) is 70.2 cm³/mol. The van der Waals surface area contributed by atoms with E-state index >= 15 is 0 Å². The minimum atomic E-state index is 0.231. The van der Waals surface area contributed by atoms with Crippen LogP contribution >= 0.6 is 11.3 Å². The summed E-state index contributed by atoms with van der Waals surface area (Å²) >= 11 is 1.67. The summed E-state index contributed by atoms with van der Waals surface area (Å²) < 4.78 is 0. The Bertz CT molecular complexity index is 455. The van der Waals surface area contributed by atoms with Crippen molar-refractivity contribution < 1.29 is 0 Å². The van der Waals surface area contributed by atoms with E-state index in [-0.39, 0.29) is 6.04 Å². The van der Waals surface area contributed by atoms with Crippen LogP contribution in [0.2, 0.25) is 0 Å². The van der Waals surface area contributed by atoms with Crippen LogP contribution in [0.3, 0.4) is 0 Å². The number of nitrogens with zero attached hydrogens (tertiary/aromatic N) is 3. The zero-order valence-electron chi connectivity index (χ0n) is 10.1. The van der Waals surface area contributed by atoms with E-state index in [1.165, 1.54) is 0 Å². The van der Waals surface area contributed by atoms with Crippen molar-refractivity contribution in [2.45, 2.75) is 32.7 Å². The molecule has 17 heavy (non-hydrogen) atoms. The Labute approximate surface area is 105 Å². The van der Waals surface area contributed by atoms with Crippen LogP contribution in [0.25, 0.3) is 0 Å². The van der Waals surface area contributed by atoms with Crippen molar-refractivity contribution in [3.63, 3.8) is 0 Å². The standard InChI is InChI=1S/C12H16N4S/c1-3-9-7-11(15-8-14-9)16-10(4-2)12-13-5-6-17-12/h5-8,10H,3-4H2,1-2H3,(H,14,15,16). The average molecular weight is 248 g/mol. The molecule has 1 unspecified atom stereocenters. The van der Waals surface area contributed by atoms with E-state index in [0.717, 1.165) is 29.4 Å². The number of hydrogen-bond donors (Lipinski definition) is 1. The van der Waals surface area contributed by atoms with E-state index in [0.29, 0.717) is 0 Å². The molecule has 0 radical (unpaired) electrons. The maximum atomic E-state index is 4.34. The highest BCUT2D eigenvalue weighted by atomic mass is 32.1. The fourth-order valence-corrected chi connectivity index (χ4v) is 2.37. The van der Waals surface area contributed by atoms with E-state index in [1.807, 2.05) is 17.6 Å². The summed E-state index contributed by atoms with van der Waals surface area (Å²) in [6.07, 6.45) is 5.35. The van der Waals surface area contributed by atoms with Gasteiger partial charge in [0, 0.05) is 23.3 Å². The molecule has 0 bridgehead atoms. The summed E-state index contributed by atoms with van der Waals surface area (Å²) in [6, 6.07) is 2.23. The van der Waals surface area contributed by atoms with E-state index in [9.17, 15) is 0 Å². The van der Waals surface area contributed by atoms with Crippen molar-refractivity contribution in [3.05, 3.63) is 34.7 Å². The van der Waals surface area contributed by atoms with Gasteiger partial charge < -0.3 is 5.32 Å². The van der Waals surface area contributed by atoms with Crippen molar-refractivity contribution in [1.82, 2.24) is 15.0 Å². The van der Waals surface area contributed by atoms with Gasteiger partial charge in [-0.15, -0.1) is 11.3 Å². The Morgan fingerprint density at radius 3 is 2.82 bits per heavy atom. The van der Waals surface area contributed by atoms with Gasteiger partial charge in [-0.2, -0.15) is 0 Å². The summed E-state index contributed by atoms with van der Waals surface area (Å²) in [7, 11) is 0. The van der Waals surface area contributed by atoms with Gasteiger partial charge in [-0.1, -0.05) is 13.8 Å². The van der Waals surface area contributed by atoms with Crippen molar-refractivity contribution in [2.24, 2.45) is 0 Å². The van der Waals surface area contributed by atoms with Crippen molar-refractivity contribution >= 4 is 17.2 Å². The van der Waals surface area contributed by atoms with Crippen LogP contribution in [0.15, 0.2) is 24.0 Å². The molecule has 0 saturated heterocycles. The molecule has 0 aliphatic heterocycles. The number of aromatic nitrogens is 3. The molecule has 2 heterocycles. The number of anilines is 1. The molecule has 0 saturated carbocycles. The van der Waals surface area contributed by atoms with Gasteiger partial charge in [-0.3, -0.25) is 0 Å². The van der Waals surface area contributed by atoms with Crippen molar-refractivity contribution in [1.29, 1.82) is 0 Å². The highest BCUT2D eigenvalue weighted by Gasteiger charge is 2.12. The molecule has 0 amide bonds. The maximum absolute atomic E-state index is 4.34. The van der Waals surface area contributed by atoms with Crippen molar-refractivity contribution in [2.75, 3.05) is 5.32 Å². The highest BCUT2D eigenvalue weighted by molar-refractivity contribution is 7.09. The van der Waals surface area contributed by atoms with E-state index < -0.39 is 0 Å². The lowest BCUT2D eigenvalue weighted by Crippen LogP contribution is -2.11. The molecular formula is C12H16N4S. The summed E-state index contributed by atoms with van der Waals surface area (Å²) in [5, 5.41) is 6.50. The molecule has 0 aliphatic rings. The number of thiazole rings is 1. The zero-order chi connectivity index (χ0) is 12.1. The highest BCUT2D eigenvalue weighted by Crippen LogP contribution is 2.23. The summed E-state index contributed by atoms with van der Waals surface area (Å²) in [4.78, 5) is 12.8. The second-order valence-corrected chi connectivity index (χ2v) is 4.65. The van der Waals surface area contributed by atoms with Gasteiger partial charge in [0.2, 0.25) is 0 Å². The molecule has 0 aliphatic carbocycles. The first-order valence-corrected chi connectivity index (χ1v) is 6.68. The van der Waals surface area contributed by atoms with E-state index in [4.69, 9.17) is 0 Å². The number of hydrogen-bond acceptors (Lipinski definition) is 5. The van der Waals surface area contributed by atoms with Crippen LogP contribution in [0, 0.1) is 0 Å². The molecule has 1 N–H and O–H groups in total. The Balaban J connectivity index is 2.13. The Kier molecular flexibility index (Phi) is 4.03. The summed E-state index contributed by atoms with van der Waals surface area (Å²) in [5.74, 6) is 0.874. The first kappa shape index (κ1) is 12.0. The molecule has 2 aromatic rings. The number of aryl methyl sites for hydroxylation is 1. The molecule has 0 spiro atoms. The monoisotopic (exact) mass is 248 g/mol.